The number of fused-ring (bicyclic) bond motifs is 1. The smallest absolute Gasteiger partial charge is 0.123 e. The molecule has 0 saturated carbocycles. The van der Waals surface area contributed by atoms with Gasteiger partial charge in [-0.05, 0) is 37.3 Å². The molecule has 3 heteroatoms. The highest BCUT2D eigenvalue weighted by Crippen LogP contribution is 2.23. The van der Waals surface area contributed by atoms with E-state index in [9.17, 15) is 4.39 Å². The first kappa shape index (κ1) is 12.7. The van der Waals surface area contributed by atoms with Gasteiger partial charge in [-0.1, -0.05) is 17.7 Å². The predicted molar refractivity (Wildman–Crippen MR) is 78.4 cm³/mol. The van der Waals surface area contributed by atoms with E-state index in [4.69, 9.17) is 4.74 Å². The van der Waals surface area contributed by atoms with Gasteiger partial charge in [0.05, 0.1) is 0 Å². The average Bonchev–Trinajstić information content (AvgIpc) is 2.74. The third kappa shape index (κ3) is 2.39. The summed E-state index contributed by atoms with van der Waals surface area (Å²) in [7, 11) is 1.95. The Bertz CT molecular complexity index is 744. The Morgan fingerprint density at radius 2 is 1.85 bits per heavy atom. The molecule has 3 aromatic rings. The van der Waals surface area contributed by atoms with Crippen LogP contribution in [0.5, 0.6) is 5.75 Å². The summed E-state index contributed by atoms with van der Waals surface area (Å²) in [5, 5.41) is 0.902. The highest BCUT2D eigenvalue weighted by atomic mass is 19.1. The molecule has 0 atom stereocenters. The maximum atomic E-state index is 13.4. The summed E-state index contributed by atoms with van der Waals surface area (Å²) in [6, 6.07) is 12.7. The van der Waals surface area contributed by atoms with Crippen LogP contribution < -0.4 is 4.74 Å². The summed E-state index contributed by atoms with van der Waals surface area (Å²) < 4.78 is 21.1. The van der Waals surface area contributed by atoms with E-state index in [0.29, 0.717) is 6.61 Å². The van der Waals surface area contributed by atoms with Crippen molar-refractivity contribution in [2.75, 3.05) is 0 Å². The minimum absolute atomic E-state index is 0.222. The quantitative estimate of drug-likeness (QED) is 0.695. The third-order valence-corrected chi connectivity index (χ3v) is 3.45. The predicted octanol–water partition coefficient (Wildman–Crippen LogP) is 4.20. The first-order valence-electron chi connectivity index (χ1n) is 6.56. The van der Waals surface area contributed by atoms with E-state index in [2.05, 4.69) is 0 Å². The number of hydrogen-bond donors (Lipinski definition) is 0. The van der Waals surface area contributed by atoms with Crippen LogP contribution in [0.25, 0.3) is 10.9 Å². The van der Waals surface area contributed by atoms with Crippen LogP contribution in [-0.4, -0.2) is 4.57 Å². The van der Waals surface area contributed by atoms with Crippen LogP contribution in [0.1, 0.15) is 11.1 Å². The number of halogens is 1. The van der Waals surface area contributed by atoms with Gasteiger partial charge < -0.3 is 9.30 Å². The highest BCUT2D eigenvalue weighted by Gasteiger charge is 2.08. The molecule has 1 heterocycles. The lowest BCUT2D eigenvalue weighted by Crippen LogP contribution is -1.94. The molecular weight excluding hydrogens is 253 g/mol. The standard InChI is InChI=1S/C17H16FNO/c1-12-3-6-15(7-4-12)20-11-13-10-19(2)17-8-5-14(18)9-16(13)17/h3-10H,11H2,1-2H3. The summed E-state index contributed by atoms with van der Waals surface area (Å²) in [5.74, 6) is 0.601. The van der Waals surface area contributed by atoms with Crippen molar-refractivity contribution in [1.82, 2.24) is 4.57 Å². The Kier molecular flexibility index (Phi) is 3.18. The molecule has 0 aliphatic carbocycles. The molecule has 0 aliphatic rings. The van der Waals surface area contributed by atoms with E-state index in [0.717, 1.165) is 22.2 Å². The van der Waals surface area contributed by atoms with E-state index >= 15 is 0 Å². The van der Waals surface area contributed by atoms with Gasteiger partial charge in [0, 0.05) is 29.7 Å². The van der Waals surface area contributed by atoms with Crippen molar-refractivity contribution in [3.05, 3.63) is 65.6 Å². The third-order valence-electron chi connectivity index (χ3n) is 3.45. The Labute approximate surface area is 117 Å². The second kappa shape index (κ2) is 5.00. The van der Waals surface area contributed by atoms with Gasteiger partial charge in [0.1, 0.15) is 18.2 Å². The second-order valence-electron chi connectivity index (χ2n) is 5.03. The fourth-order valence-corrected chi connectivity index (χ4v) is 2.36. The SMILES string of the molecule is Cc1ccc(OCc2cn(C)c3ccc(F)cc23)cc1. The topological polar surface area (TPSA) is 14.2 Å². The van der Waals surface area contributed by atoms with Gasteiger partial charge in [-0.25, -0.2) is 4.39 Å². The lowest BCUT2D eigenvalue weighted by Gasteiger charge is -2.05. The van der Waals surface area contributed by atoms with Crippen molar-refractivity contribution in [3.63, 3.8) is 0 Å². The maximum Gasteiger partial charge on any atom is 0.123 e. The van der Waals surface area contributed by atoms with Gasteiger partial charge in [-0.2, -0.15) is 0 Å². The van der Waals surface area contributed by atoms with Crippen LogP contribution in [0.3, 0.4) is 0 Å². The maximum absolute atomic E-state index is 13.4. The van der Waals surface area contributed by atoms with E-state index in [-0.39, 0.29) is 5.82 Å². The molecule has 2 aromatic carbocycles. The number of hydrogen-bond acceptors (Lipinski definition) is 1. The minimum Gasteiger partial charge on any atom is -0.489 e. The normalized spacial score (nSPS) is 10.9. The van der Waals surface area contributed by atoms with E-state index in [1.54, 1.807) is 12.1 Å². The Morgan fingerprint density at radius 1 is 1.10 bits per heavy atom. The molecular formula is C17H16FNO. The molecule has 0 radical (unpaired) electrons. The first-order chi connectivity index (χ1) is 9.63. The van der Waals surface area contributed by atoms with Crippen molar-refractivity contribution in [2.45, 2.75) is 13.5 Å². The number of ether oxygens (including phenoxy) is 1. The molecule has 0 N–H and O–H groups in total. The zero-order valence-corrected chi connectivity index (χ0v) is 11.6. The molecule has 20 heavy (non-hydrogen) atoms. The number of aromatic nitrogens is 1. The van der Waals surface area contributed by atoms with Crippen LogP contribution in [0.2, 0.25) is 0 Å². The molecule has 0 fully saturated rings. The summed E-state index contributed by atoms with van der Waals surface area (Å²) in [6.45, 7) is 2.47. The summed E-state index contributed by atoms with van der Waals surface area (Å²) >= 11 is 0. The lowest BCUT2D eigenvalue weighted by atomic mass is 10.2. The minimum atomic E-state index is -0.222. The van der Waals surface area contributed by atoms with Gasteiger partial charge >= 0.3 is 0 Å². The van der Waals surface area contributed by atoms with Crippen molar-refractivity contribution in [2.24, 2.45) is 7.05 Å². The first-order valence-corrected chi connectivity index (χ1v) is 6.56. The number of benzene rings is 2. The fourth-order valence-electron chi connectivity index (χ4n) is 2.36. The number of rotatable bonds is 3. The molecule has 0 spiro atoms. The highest BCUT2D eigenvalue weighted by molar-refractivity contribution is 5.83. The molecule has 1 aromatic heterocycles. The molecule has 0 aliphatic heterocycles. The average molecular weight is 269 g/mol. The largest absolute Gasteiger partial charge is 0.489 e. The van der Waals surface area contributed by atoms with E-state index < -0.39 is 0 Å². The monoisotopic (exact) mass is 269 g/mol. The van der Waals surface area contributed by atoms with Gasteiger partial charge in [0.2, 0.25) is 0 Å². The fraction of sp³-hybridized carbons (Fsp3) is 0.176. The van der Waals surface area contributed by atoms with Gasteiger partial charge in [0.25, 0.3) is 0 Å². The number of nitrogens with zero attached hydrogens (tertiary/aromatic N) is 1. The van der Waals surface area contributed by atoms with Crippen molar-refractivity contribution in [3.8, 4) is 5.75 Å². The molecule has 0 unspecified atom stereocenters. The van der Waals surface area contributed by atoms with E-state index in [1.807, 2.05) is 49.0 Å². The van der Waals surface area contributed by atoms with Crippen LogP contribution in [0.15, 0.2) is 48.7 Å². The lowest BCUT2D eigenvalue weighted by molar-refractivity contribution is 0.307. The van der Waals surface area contributed by atoms with Crippen molar-refractivity contribution in [1.29, 1.82) is 0 Å². The van der Waals surface area contributed by atoms with Gasteiger partial charge in [0.15, 0.2) is 0 Å². The molecule has 102 valence electrons. The summed E-state index contributed by atoms with van der Waals surface area (Å²) in [6.07, 6.45) is 1.98. The molecule has 0 saturated heterocycles. The van der Waals surface area contributed by atoms with E-state index in [1.165, 1.54) is 11.6 Å². The van der Waals surface area contributed by atoms with Gasteiger partial charge in [-0.15, -0.1) is 0 Å². The van der Waals surface area contributed by atoms with Crippen molar-refractivity contribution < 1.29 is 9.13 Å². The summed E-state index contributed by atoms with van der Waals surface area (Å²) in [5.41, 5.74) is 3.20. The molecule has 0 amide bonds. The van der Waals surface area contributed by atoms with Crippen LogP contribution >= 0.6 is 0 Å². The Hall–Kier alpha value is -2.29. The zero-order chi connectivity index (χ0) is 14.1. The zero-order valence-electron chi connectivity index (χ0n) is 11.6. The van der Waals surface area contributed by atoms with Gasteiger partial charge in [-0.3, -0.25) is 0 Å². The Balaban J connectivity index is 1.87. The van der Waals surface area contributed by atoms with Crippen LogP contribution in [0, 0.1) is 12.7 Å². The molecule has 2 nitrogen and oxygen atoms in total. The summed E-state index contributed by atoms with van der Waals surface area (Å²) in [4.78, 5) is 0. The molecule has 3 rings (SSSR count). The van der Waals surface area contributed by atoms with Crippen molar-refractivity contribution >= 4 is 10.9 Å². The molecule has 0 bridgehead atoms. The number of aryl methyl sites for hydroxylation is 2. The second-order valence-corrected chi connectivity index (χ2v) is 5.03. The van der Waals surface area contributed by atoms with Crippen LogP contribution in [0.4, 0.5) is 4.39 Å². The van der Waals surface area contributed by atoms with Crippen LogP contribution in [-0.2, 0) is 13.7 Å². The Morgan fingerprint density at radius 3 is 2.60 bits per heavy atom.